The van der Waals surface area contributed by atoms with Gasteiger partial charge in [-0.15, -0.1) is 0 Å². The Labute approximate surface area is 122 Å². The van der Waals surface area contributed by atoms with Crippen LogP contribution in [0.5, 0.6) is 0 Å². The summed E-state index contributed by atoms with van der Waals surface area (Å²) in [7, 11) is 0. The van der Waals surface area contributed by atoms with Gasteiger partial charge in [-0.2, -0.15) is 5.26 Å². The van der Waals surface area contributed by atoms with Gasteiger partial charge in [0, 0.05) is 6.42 Å². The molecule has 0 saturated carbocycles. The highest BCUT2D eigenvalue weighted by Crippen LogP contribution is 2.41. The lowest BCUT2D eigenvalue weighted by atomic mass is 10.0. The predicted octanol–water partition coefficient (Wildman–Crippen LogP) is 5.16. The second kappa shape index (κ2) is 8.76. The van der Waals surface area contributed by atoms with E-state index in [2.05, 4.69) is 36.4 Å². The average molecular weight is 271 g/mol. The highest BCUT2D eigenvalue weighted by Gasteiger charge is 2.38. The quantitative estimate of drug-likeness (QED) is 0.435. The van der Waals surface area contributed by atoms with Gasteiger partial charge in [-0.3, -0.25) is 0 Å². The van der Waals surface area contributed by atoms with Gasteiger partial charge in [0.05, 0.1) is 12.2 Å². The lowest BCUT2D eigenvalue weighted by molar-refractivity contribution is 0.360. The fraction of sp³-hybridized carbons (Fsp3) is 0.611. The molecule has 1 aromatic rings. The molecule has 0 radical (unpaired) electrons. The van der Waals surface area contributed by atoms with Gasteiger partial charge in [0.25, 0.3) is 0 Å². The predicted molar refractivity (Wildman–Crippen MR) is 81.2 cm³/mol. The highest BCUT2D eigenvalue weighted by molar-refractivity contribution is 5.22. The van der Waals surface area contributed by atoms with E-state index in [-0.39, 0.29) is 0 Å². The Balaban J connectivity index is 1.43. The maximum atomic E-state index is 8.44. The lowest BCUT2D eigenvalue weighted by Gasteiger charge is -2.00. The van der Waals surface area contributed by atoms with Gasteiger partial charge >= 0.3 is 0 Å². The molecule has 2 heteroatoms. The first-order valence-corrected chi connectivity index (χ1v) is 7.99. The van der Waals surface area contributed by atoms with Crippen molar-refractivity contribution in [3.63, 3.8) is 0 Å². The topological polar surface area (TPSA) is 36.3 Å². The minimum atomic E-state index is 0.363. The van der Waals surface area contributed by atoms with E-state index in [9.17, 15) is 0 Å². The number of nitriles is 1. The summed E-state index contributed by atoms with van der Waals surface area (Å²) in [5.41, 5.74) is 1.33. The van der Waals surface area contributed by atoms with E-state index in [1.807, 2.05) is 0 Å². The van der Waals surface area contributed by atoms with Gasteiger partial charge in [-0.25, -0.2) is 0 Å². The first-order chi connectivity index (χ1) is 9.92. The van der Waals surface area contributed by atoms with Crippen molar-refractivity contribution < 1.29 is 4.74 Å². The van der Waals surface area contributed by atoms with E-state index in [1.54, 1.807) is 0 Å². The Morgan fingerprint density at radius 2 is 1.55 bits per heavy atom. The van der Waals surface area contributed by atoms with Crippen molar-refractivity contribution in [3.8, 4) is 6.07 Å². The molecule has 108 valence electrons. The van der Waals surface area contributed by atoms with Crippen molar-refractivity contribution in [3.05, 3.63) is 35.9 Å². The van der Waals surface area contributed by atoms with Crippen LogP contribution in [0.2, 0.25) is 0 Å². The highest BCUT2D eigenvalue weighted by atomic mass is 16.6. The molecule has 2 nitrogen and oxygen atoms in total. The van der Waals surface area contributed by atoms with E-state index < -0.39 is 0 Å². The van der Waals surface area contributed by atoms with Crippen LogP contribution in [0.3, 0.4) is 0 Å². The Morgan fingerprint density at radius 3 is 2.25 bits per heavy atom. The standard InChI is InChI=1S/C18H25NO/c19-15-11-6-4-2-1-3-5-10-14-17-18(20-17)16-12-8-7-9-13-16/h7-9,12-13,17-18H,1-6,10-11,14H2/t17-,18-/m1/s1. The number of hydrogen-bond acceptors (Lipinski definition) is 2. The zero-order valence-electron chi connectivity index (χ0n) is 12.3. The van der Waals surface area contributed by atoms with Crippen molar-refractivity contribution in [2.45, 2.75) is 70.0 Å². The fourth-order valence-electron chi connectivity index (χ4n) is 2.73. The molecule has 1 saturated heterocycles. The molecule has 0 aliphatic carbocycles. The first-order valence-electron chi connectivity index (χ1n) is 7.99. The fourth-order valence-corrected chi connectivity index (χ4v) is 2.73. The van der Waals surface area contributed by atoms with E-state index in [1.165, 1.54) is 50.5 Å². The van der Waals surface area contributed by atoms with Crippen LogP contribution in [0.4, 0.5) is 0 Å². The summed E-state index contributed by atoms with van der Waals surface area (Å²) >= 11 is 0. The molecule has 1 aliphatic rings. The van der Waals surface area contributed by atoms with Crippen LogP contribution in [0.1, 0.15) is 69.5 Å². The van der Waals surface area contributed by atoms with E-state index in [0.29, 0.717) is 12.2 Å². The van der Waals surface area contributed by atoms with Gasteiger partial charge in [-0.1, -0.05) is 68.9 Å². The van der Waals surface area contributed by atoms with Gasteiger partial charge in [0.1, 0.15) is 6.10 Å². The molecule has 1 aliphatic heterocycles. The maximum absolute atomic E-state index is 8.44. The minimum Gasteiger partial charge on any atom is -0.365 e. The molecule has 0 amide bonds. The largest absolute Gasteiger partial charge is 0.365 e. The van der Waals surface area contributed by atoms with E-state index in [4.69, 9.17) is 10.00 Å². The smallest absolute Gasteiger partial charge is 0.109 e. The third-order valence-corrected chi connectivity index (χ3v) is 3.99. The summed E-state index contributed by atoms with van der Waals surface area (Å²) < 4.78 is 5.74. The van der Waals surface area contributed by atoms with Gasteiger partial charge < -0.3 is 4.74 Å². The normalized spacial score (nSPS) is 20.6. The van der Waals surface area contributed by atoms with E-state index >= 15 is 0 Å². The van der Waals surface area contributed by atoms with Crippen LogP contribution in [0.15, 0.2) is 30.3 Å². The molecule has 2 rings (SSSR count). The van der Waals surface area contributed by atoms with Crippen molar-refractivity contribution >= 4 is 0 Å². The number of ether oxygens (including phenoxy) is 1. The average Bonchev–Trinajstić information content (AvgIpc) is 3.26. The van der Waals surface area contributed by atoms with Gasteiger partial charge in [0.15, 0.2) is 0 Å². The number of rotatable bonds is 10. The summed E-state index contributed by atoms with van der Waals surface area (Å²) in [6, 6.07) is 12.7. The van der Waals surface area contributed by atoms with Gasteiger partial charge in [0.2, 0.25) is 0 Å². The molecule has 0 bridgehead atoms. The summed E-state index contributed by atoms with van der Waals surface area (Å²) in [5, 5.41) is 8.44. The SMILES string of the molecule is N#CCCCCCCCCC[C@H]1O[C@@H]1c1ccccc1. The Kier molecular flexibility index (Phi) is 6.60. The minimum absolute atomic E-state index is 0.363. The molecule has 0 unspecified atom stereocenters. The van der Waals surface area contributed by atoms with Crippen molar-refractivity contribution in [2.24, 2.45) is 0 Å². The third kappa shape index (κ3) is 5.35. The molecular formula is C18H25NO. The number of nitrogens with zero attached hydrogens (tertiary/aromatic N) is 1. The summed E-state index contributed by atoms with van der Waals surface area (Å²) in [6.07, 6.45) is 11.6. The molecule has 1 fully saturated rings. The number of epoxide rings is 1. The second-order valence-electron chi connectivity index (χ2n) is 5.68. The third-order valence-electron chi connectivity index (χ3n) is 3.99. The lowest BCUT2D eigenvalue weighted by Crippen LogP contribution is -1.89. The molecular weight excluding hydrogens is 246 g/mol. The molecule has 0 aromatic heterocycles. The number of benzene rings is 1. The maximum Gasteiger partial charge on any atom is 0.109 e. The van der Waals surface area contributed by atoms with Crippen LogP contribution in [-0.2, 0) is 4.74 Å². The Hall–Kier alpha value is -1.33. The van der Waals surface area contributed by atoms with Crippen LogP contribution >= 0.6 is 0 Å². The first kappa shape index (κ1) is 15.1. The van der Waals surface area contributed by atoms with Crippen LogP contribution in [0.25, 0.3) is 0 Å². The zero-order valence-corrected chi connectivity index (χ0v) is 12.3. The van der Waals surface area contributed by atoms with Crippen LogP contribution < -0.4 is 0 Å². The molecule has 0 spiro atoms. The van der Waals surface area contributed by atoms with Gasteiger partial charge in [-0.05, 0) is 18.4 Å². The Morgan fingerprint density at radius 1 is 0.900 bits per heavy atom. The summed E-state index contributed by atoms with van der Waals surface area (Å²) in [6.45, 7) is 0. The van der Waals surface area contributed by atoms with Crippen molar-refractivity contribution in [1.29, 1.82) is 5.26 Å². The molecule has 0 N–H and O–H groups in total. The monoisotopic (exact) mass is 271 g/mol. The van der Waals surface area contributed by atoms with E-state index in [0.717, 1.165) is 12.8 Å². The number of unbranched alkanes of at least 4 members (excludes halogenated alkanes) is 7. The van der Waals surface area contributed by atoms with Crippen LogP contribution in [0, 0.1) is 11.3 Å². The Bertz CT molecular complexity index is 409. The summed E-state index contributed by atoms with van der Waals surface area (Å²) in [5.74, 6) is 0. The van der Waals surface area contributed by atoms with Crippen molar-refractivity contribution in [2.75, 3.05) is 0 Å². The second-order valence-corrected chi connectivity index (χ2v) is 5.68. The van der Waals surface area contributed by atoms with Crippen molar-refractivity contribution in [1.82, 2.24) is 0 Å². The molecule has 1 heterocycles. The molecule has 2 atom stereocenters. The molecule has 20 heavy (non-hydrogen) atoms. The van der Waals surface area contributed by atoms with Crippen LogP contribution in [-0.4, -0.2) is 6.10 Å². The molecule has 1 aromatic carbocycles. The zero-order chi connectivity index (χ0) is 14.0. The number of hydrogen-bond donors (Lipinski definition) is 0. The summed E-state index contributed by atoms with van der Waals surface area (Å²) in [4.78, 5) is 0.